The Bertz CT molecular complexity index is 831. The molecule has 0 aliphatic rings. The van der Waals surface area contributed by atoms with Crippen LogP contribution in [0.1, 0.15) is 30.9 Å². The minimum atomic E-state index is -0.459. The summed E-state index contributed by atoms with van der Waals surface area (Å²) in [6.45, 7) is 3.02. The van der Waals surface area contributed by atoms with E-state index in [1.807, 2.05) is 12.1 Å². The lowest BCUT2D eigenvalue weighted by Gasteiger charge is -2.11. The Morgan fingerprint density at radius 1 is 1.18 bits per heavy atom. The van der Waals surface area contributed by atoms with Gasteiger partial charge >= 0.3 is 0 Å². The van der Waals surface area contributed by atoms with Crippen molar-refractivity contribution in [3.8, 4) is 11.5 Å². The highest BCUT2D eigenvalue weighted by atomic mass is 16.6. The topological polar surface area (TPSA) is 90.7 Å². The van der Waals surface area contributed by atoms with E-state index in [0.717, 1.165) is 24.0 Å². The summed E-state index contributed by atoms with van der Waals surface area (Å²) in [6.07, 6.45) is 5.14. The minimum Gasteiger partial charge on any atom is -0.493 e. The number of amides is 1. The van der Waals surface area contributed by atoms with Crippen LogP contribution in [0.25, 0.3) is 6.08 Å². The Morgan fingerprint density at radius 2 is 1.93 bits per heavy atom. The van der Waals surface area contributed by atoms with Crippen LogP contribution in [0.5, 0.6) is 11.5 Å². The van der Waals surface area contributed by atoms with Crippen molar-refractivity contribution < 1.29 is 19.2 Å². The van der Waals surface area contributed by atoms with Gasteiger partial charge in [-0.3, -0.25) is 14.9 Å². The molecule has 0 aliphatic carbocycles. The molecule has 0 heterocycles. The van der Waals surface area contributed by atoms with Crippen molar-refractivity contribution in [3.05, 3.63) is 69.8 Å². The number of nitro groups is 1. The number of carbonyl (C=O) groups is 1. The summed E-state index contributed by atoms with van der Waals surface area (Å²) in [7, 11) is 1.58. The number of non-ortho nitro benzene ring substituents is 1. The number of nitro benzene ring substituents is 1. The van der Waals surface area contributed by atoms with Gasteiger partial charge in [-0.2, -0.15) is 0 Å². The van der Waals surface area contributed by atoms with E-state index in [9.17, 15) is 14.9 Å². The second-order valence-corrected chi connectivity index (χ2v) is 6.09. The molecule has 0 aliphatic heterocycles. The van der Waals surface area contributed by atoms with Crippen LogP contribution in [-0.4, -0.2) is 24.5 Å². The van der Waals surface area contributed by atoms with Crippen LogP contribution in [0.4, 0.5) is 5.69 Å². The first-order valence-electron chi connectivity index (χ1n) is 9.03. The van der Waals surface area contributed by atoms with E-state index < -0.39 is 4.92 Å². The zero-order valence-corrected chi connectivity index (χ0v) is 16.0. The van der Waals surface area contributed by atoms with Crippen molar-refractivity contribution in [1.82, 2.24) is 5.32 Å². The second-order valence-electron chi connectivity index (χ2n) is 6.09. The molecule has 0 fully saturated rings. The number of ether oxygens (including phenoxy) is 2. The third-order valence-electron chi connectivity index (χ3n) is 3.98. The van der Waals surface area contributed by atoms with Crippen molar-refractivity contribution >= 4 is 17.7 Å². The van der Waals surface area contributed by atoms with Gasteiger partial charge in [0.15, 0.2) is 11.5 Å². The molecule has 2 aromatic carbocycles. The van der Waals surface area contributed by atoms with Gasteiger partial charge < -0.3 is 14.8 Å². The summed E-state index contributed by atoms with van der Waals surface area (Å²) in [5.41, 5.74) is 1.61. The summed E-state index contributed by atoms with van der Waals surface area (Å²) in [5.74, 6) is 1.03. The maximum atomic E-state index is 12.0. The molecule has 1 N–H and O–H groups in total. The lowest BCUT2D eigenvalue weighted by Crippen LogP contribution is -2.20. The zero-order valence-electron chi connectivity index (χ0n) is 16.0. The fourth-order valence-electron chi connectivity index (χ4n) is 2.39. The largest absolute Gasteiger partial charge is 0.493 e. The van der Waals surface area contributed by atoms with Crippen LogP contribution in [0.2, 0.25) is 0 Å². The van der Waals surface area contributed by atoms with Gasteiger partial charge in [0, 0.05) is 24.8 Å². The number of hydrogen-bond donors (Lipinski definition) is 1. The zero-order chi connectivity index (χ0) is 20.4. The van der Waals surface area contributed by atoms with E-state index in [-0.39, 0.29) is 18.1 Å². The third-order valence-corrected chi connectivity index (χ3v) is 3.98. The number of unbranched alkanes of at least 4 members (excludes halogenated alkanes) is 1. The first-order chi connectivity index (χ1) is 13.5. The Balaban J connectivity index is 1.91. The normalized spacial score (nSPS) is 10.6. The quantitative estimate of drug-likeness (QED) is 0.288. The van der Waals surface area contributed by atoms with E-state index in [4.69, 9.17) is 9.47 Å². The van der Waals surface area contributed by atoms with Gasteiger partial charge in [-0.05, 0) is 35.8 Å². The molecule has 28 heavy (non-hydrogen) atoms. The molecule has 0 radical (unpaired) electrons. The molecule has 0 bridgehead atoms. The number of nitrogens with zero attached hydrogens (tertiary/aromatic N) is 1. The van der Waals surface area contributed by atoms with Gasteiger partial charge in [0.25, 0.3) is 5.69 Å². The van der Waals surface area contributed by atoms with Crippen LogP contribution < -0.4 is 14.8 Å². The molecule has 2 rings (SSSR count). The predicted octanol–water partition coefficient (Wildman–Crippen LogP) is 4.11. The first kappa shape index (κ1) is 21.0. The van der Waals surface area contributed by atoms with Gasteiger partial charge in [0.1, 0.15) is 0 Å². The Hall–Kier alpha value is -3.35. The molecule has 0 saturated carbocycles. The van der Waals surface area contributed by atoms with Crippen molar-refractivity contribution in [2.24, 2.45) is 0 Å². The number of nitrogens with one attached hydrogen (secondary N) is 1. The first-order valence-corrected chi connectivity index (χ1v) is 9.03. The second kappa shape index (κ2) is 10.7. The van der Waals surface area contributed by atoms with Crippen LogP contribution in [0.3, 0.4) is 0 Å². The fraction of sp³-hybridized carbons (Fsp3) is 0.286. The van der Waals surface area contributed by atoms with E-state index in [1.165, 1.54) is 18.2 Å². The summed E-state index contributed by atoms with van der Waals surface area (Å²) in [4.78, 5) is 22.2. The van der Waals surface area contributed by atoms with Crippen molar-refractivity contribution in [2.45, 2.75) is 26.3 Å². The van der Waals surface area contributed by atoms with E-state index in [0.29, 0.717) is 18.1 Å². The molecular formula is C21H24N2O5. The van der Waals surface area contributed by atoms with Crippen LogP contribution in [0.15, 0.2) is 48.5 Å². The van der Waals surface area contributed by atoms with Gasteiger partial charge in [-0.15, -0.1) is 0 Å². The average molecular weight is 384 g/mol. The van der Waals surface area contributed by atoms with Crippen LogP contribution in [-0.2, 0) is 11.3 Å². The summed E-state index contributed by atoms with van der Waals surface area (Å²) in [6, 6.07) is 11.5. The van der Waals surface area contributed by atoms with Gasteiger partial charge in [0.2, 0.25) is 5.91 Å². The molecule has 0 aromatic heterocycles. The fourth-order valence-corrected chi connectivity index (χ4v) is 2.39. The number of hydrogen-bond acceptors (Lipinski definition) is 5. The lowest BCUT2D eigenvalue weighted by molar-refractivity contribution is -0.384. The third kappa shape index (κ3) is 6.42. The maximum Gasteiger partial charge on any atom is 0.269 e. The standard InChI is InChI=1S/C21H24N2O5/c1-3-4-13-28-19-11-7-16(14-20(19)27-2)8-12-21(24)22-15-17-5-9-18(10-6-17)23(25)26/h5-12,14H,3-4,13,15H2,1-2H3,(H,22,24). The molecular weight excluding hydrogens is 360 g/mol. The molecule has 0 saturated heterocycles. The van der Waals surface area contributed by atoms with Gasteiger partial charge in [0.05, 0.1) is 18.6 Å². The van der Waals surface area contributed by atoms with E-state index in [2.05, 4.69) is 12.2 Å². The Labute approximate surface area is 164 Å². The van der Waals surface area contributed by atoms with Crippen molar-refractivity contribution in [1.29, 1.82) is 0 Å². The predicted molar refractivity (Wildman–Crippen MR) is 107 cm³/mol. The highest BCUT2D eigenvalue weighted by Gasteiger charge is 2.06. The van der Waals surface area contributed by atoms with Crippen LogP contribution >= 0.6 is 0 Å². The Morgan fingerprint density at radius 3 is 2.57 bits per heavy atom. The number of methoxy groups -OCH3 is 1. The highest BCUT2D eigenvalue weighted by molar-refractivity contribution is 5.91. The molecule has 0 unspecified atom stereocenters. The summed E-state index contributed by atoms with van der Waals surface area (Å²) >= 11 is 0. The number of benzene rings is 2. The summed E-state index contributed by atoms with van der Waals surface area (Å²) in [5, 5.41) is 13.4. The molecule has 7 heteroatoms. The SMILES string of the molecule is CCCCOc1ccc(C=CC(=O)NCc2ccc([N+](=O)[O-])cc2)cc1OC. The molecule has 0 spiro atoms. The van der Waals surface area contributed by atoms with Gasteiger partial charge in [-0.1, -0.05) is 31.5 Å². The van der Waals surface area contributed by atoms with Crippen molar-refractivity contribution in [3.63, 3.8) is 0 Å². The van der Waals surface area contributed by atoms with Crippen molar-refractivity contribution in [2.75, 3.05) is 13.7 Å². The molecule has 0 atom stereocenters. The van der Waals surface area contributed by atoms with Gasteiger partial charge in [-0.25, -0.2) is 0 Å². The molecule has 2 aromatic rings. The number of rotatable bonds is 10. The monoisotopic (exact) mass is 384 g/mol. The van der Waals surface area contributed by atoms with E-state index in [1.54, 1.807) is 31.4 Å². The maximum absolute atomic E-state index is 12.0. The van der Waals surface area contributed by atoms with E-state index >= 15 is 0 Å². The molecule has 148 valence electrons. The molecule has 7 nitrogen and oxygen atoms in total. The van der Waals surface area contributed by atoms with Crippen LogP contribution in [0, 0.1) is 10.1 Å². The molecule has 1 amide bonds. The lowest BCUT2D eigenvalue weighted by atomic mass is 10.2. The summed E-state index contributed by atoms with van der Waals surface area (Å²) < 4.78 is 11.0. The minimum absolute atomic E-state index is 0.0195. The smallest absolute Gasteiger partial charge is 0.269 e. The average Bonchev–Trinajstić information content (AvgIpc) is 2.71. The highest BCUT2D eigenvalue weighted by Crippen LogP contribution is 2.28. The number of carbonyl (C=O) groups excluding carboxylic acids is 1. The Kier molecular flexibility index (Phi) is 8.02.